The van der Waals surface area contributed by atoms with Crippen molar-refractivity contribution < 1.29 is 4.79 Å². The van der Waals surface area contributed by atoms with E-state index in [4.69, 9.17) is 0 Å². The molecule has 15 heavy (non-hydrogen) atoms. The molecule has 0 aliphatic rings. The molecule has 1 aromatic heterocycles. The molecule has 0 spiro atoms. The summed E-state index contributed by atoms with van der Waals surface area (Å²) in [6.07, 6.45) is 1.37. The number of benzene rings is 1. The summed E-state index contributed by atoms with van der Waals surface area (Å²) in [6.45, 7) is 1.97. The molecule has 0 aliphatic heterocycles. The Labute approximate surface area is 87.7 Å². The molecule has 0 atom stereocenters. The minimum atomic E-state index is 0.00903. The molecule has 1 amide bonds. The lowest BCUT2D eigenvalue weighted by Crippen LogP contribution is -2.10. The van der Waals surface area contributed by atoms with Gasteiger partial charge < -0.3 is 5.32 Å². The molecule has 4 nitrogen and oxygen atoms in total. The van der Waals surface area contributed by atoms with Crippen LogP contribution < -0.4 is 5.32 Å². The molecule has 0 radical (unpaired) electrons. The summed E-state index contributed by atoms with van der Waals surface area (Å²) in [4.78, 5) is 11.4. The Balaban J connectivity index is 2.25. The van der Waals surface area contributed by atoms with Crippen molar-refractivity contribution in [3.05, 3.63) is 24.3 Å². The fourth-order valence-corrected chi connectivity index (χ4v) is 1.48. The second-order valence-electron chi connectivity index (χ2n) is 3.42. The molecule has 0 saturated carbocycles. The number of para-hydroxylation sites is 1. The van der Waals surface area contributed by atoms with E-state index in [2.05, 4.69) is 15.5 Å². The molecule has 0 saturated heterocycles. The predicted molar refractivity (Wildman–Crippen MR) is 59.6 cm³/mol. The number of rotatable bonds is 3. The summed E-state index contributed by atoms with van der Waals surface area (Å²) in [5, 5.41) is 10.7. The fraction of sp³-hybridized carbons (Fsp3) is 0.273. The van der Waals surface area contributed by atoms with Crippen LogP contribution >= 0.6 is 0 Å². The third-order valence-corrected chi connectivity index (χ3v) is 2.21. The number of aromatic nitrogens is 2. The maximum Gasteiger partial charge on any atom is 0.225 e. The second-order valence-corrected chi connectivity index (χ2v) is 3.42. The van der Waals surface area contributed by atoms with Crippen molar-refractivity contribution in [1.29, 1.82) is 0 Å². The van der Waals surface area contributed by atoms with Gasteiger partial charge in [-0.15, -0.1) is 0 Å². The Bertz CT molecular complexity index is 475. The van der Waals surface area contributed by atoms with Gasteiger partial charge in [-0.25, -0.2) is 0 Å². The summed E-state index contributed by atoms with van der Waals surface area (Å²) in [5.41, 5.74) is 0.935. The van der Waals surface area contributed by atoms with Gasteiger partial charge in [-0.2, -0.15) is 5.10 Å². The third kappa shape index (κ3) is 1.98. The van der Waals surface area contributed by atoms with E-state index < -0.39 is 0 Å². The van der Waals surface area contributed by atoms with Crippen LogP contribution in [0, 0.1) is 0 Å². The van der Waals surface area contributed by atoms with Gasteiger partial charge in [0, 0.05) is 11.8 Å². The minimum absolute atomic E-state index is 0.00903. The quantitative estimate of drug-likeness (QED) is 0.804. The van der Waals surface area contributed by atoms with Crippen molar-refractivity contribution in [3.8, 4) is 0 Å². The van der Waals surface area contributed by atoms with Gasteiger partial charge in [0.15, 0.2) is 5.82 Å². The van der Waals surface area contributed by atoms with Crippen LogP contribution in [0.1, 0.15) is 19.8 Å². The van der Waals surface area contributed by atoms with E-state index in [0.29, 0.717) is 12.2 Å². The van der Waals surface area contributed by atoms with Crippen LogP contribution in [-0.4, -0.2) is 16.1 Å². The van der Waals surface area contributed by atoms with Crippen molar-refractivity contribution >= 4 is 22.6 Å². The fourth-order valence-electron chi connectivity index (χ4n) is 1.48. The van der Waals surface area contributed by atoms with Crippen LogP contribution in [0.2, 0.25) is 0 Å². The average Bonchev–Trinajstić information content (AvgIpc) is 2.62. The number of anilines is 1. The van der Waals surface area contributed by atoms with Crippen LogP contribution in [0.15, 0.2) is 24.3 Å². The van der Waals surface area contributed by atoms with Gasteiger partial charge in [-0.1, -0.05) is 19.1 Å². The smallest absolute Gasteiger partial charge is 0.225 e. The summed E-state index contributed by atoms with van der Waals surface area (Å²) >= 11 is 0. The summed E-state index contributed by atoms with van der Waals surface area (Å²) < 4.78 is 0. The van der Waals surface area contributed by atoms with E-state index in [0.717, 1.165) is 17.3 Å². The van der Waals surface area contributed by atoms with Crippen LogP contribution in [0.25, 0.3) is 10.9 Å². The Morgan fingerprint density at radius 2 is 2.27 bits per heavy atom. The summed E-state index contributed by atoms with van der Waals surface area (Å²) in [5.74, 6) is 0.624. The van der Waals surface area contributed by atoms with E-state index in [1.165, 1.54) is 0 Å². The molecule has 0 bridgehead atoms. The van der Waals surface area contributed by atoms with E-state index in [1.54, 1.807) is 0 Å². The molecule has 0 fully saturated rings. The standard InChI is InChI=1S/C11H13N3O/c1-2-5-10(15)12-11-8-6-3-4-7-9(8)13-14-11/h3-4,6-7H,2,5H2,1H3,(H2,12,13,14,15). The Morgan fingerprint density at radius 1 is 1.47 bits per heavy atom. The highest BCUT2D eigenvalue weighted by Crippen LogP contribution is 2.19. The first kappa shape index (κ1) is 9.71. The summed E-state index contributed by atoms with van der Waals surface area (Å²) in [7, 11) is 0. The molecule has 2 N–H and O–H groups in total. The molecule has 1 aromatic carbocycles. The monoisotopic (exact) mass is 203 g/mol. The van der Waals surface area contributed by atoms with E-state index in [9.17, 15) is 4.79 Å². The number of nitrogens with zero attached hydrogens (tertiary/aromatic N) is 1. The van der Waals surface area contributed by atoms with Crippen molar-refractivity contribution in [3.63, 3.8) is 0 Å². The topological polar surface area (TPSA) is 57.8 Å². The zero-order valence-corrected chi connectivity index (χ0v) is 8.58. The van der Waals surface area contributed by atoms with Gasteiger partial charge >= 0.3 is 0 Å². The maximum atomic E-state index is 11.4. The zero-order valence-electron chi connectivity index (χ0n) is 8.58. The molecule has 0 unspecified atom stereocenters. The van der Waals surface area contributed by atoms with Gasteiger partial charge in [-0.3, -0.25) is 9.89 Å². The molecule has 1 heterocycles. The number of aromatic amines is 1. The molecule has 2 aromatic rings. The van der Waals surface area contributed by atoms with Crippen molar-refractivity contribution in [2.24, 2.45) is 0 Å². The van der Waals surface area contributed by atoms with Gasteiger partial charge in [0.05, 0.1) is 5.52 Å². The van der Waals surface area contributed by atoms with Crippen molar-refractivity contribution in [2.75, 3.05) is 5.32 Å². The molecule has 4 heteroatoms. The van der Waals surface area contributed by atoms with Gasteiger partial charge in [-0.05, 0) is 18.6 Å². The van der Waals surface area contributed by atoms with Crippen LogP contribution in [0.5, 0.6) is 0 Å². The van der Waals surface area contributed by atoms with Crippen molar-refractivity contribution in [1.82, 2.24) is 10.2 Å². The largest absolute Gasteiger partial charge is 0.309 e. The second kappa shape index (κ2) is 4.13. The first-order valence-electron chi connectivity index (χ1n) is 5.04. The number of nitrogens with one attached hydrogen (secondary N) is 2. The molecule has 2 rings (SSSR count). The number of hydrogen-bond acceptors (Lipinski definition) is 2. The predicted octanol–water partition coefficient (Wildman–Crippen LogP) is 2.30. The Morgan fingerprint density at radius 3 is 3.07 bits per heavy atom. The van der Waals surface area contributed by atoms with Crippen LogP contribution in [0.4, 0.5) is 5.82 Å². The minimum Gasteiger partial charge on any atom is -0.309 e. The van der Waals surface area contributed by atoms with E-state index in [1.807, 2.05) is 31.2 Å². The normalized spacial score (nSPS) is 10.5. The average molecular weight is 203 g/mol. The van der Waals surface area contributed by atoms with Crippen molar-refractivity contribution in [2.45, 2.75) is 19.8 Å². The highest BCUT2D eigenvalue weighted by Gasteiger charge is 2.07. The van der Waals surface area contributed by atoms with Crippen LogP contribution in [0.3, 0.4) is 0 Å². The van der Waals surface area contributed by atoms with Gasteiger partial charge in [0.1, 0.15) is 0 Å². The van der Waals surface area contributed by atoms with Crippen LogP contribution in [-0.2, 0) is 4.79 Å². The molecule has 0 aliphatic carbocycles. The number of hydrogen-bond donors (Lipinski definition) is 2. The number of H-pyrrole nitrogens is 1. The molecular formula is C11H13N3O. The number of amides is 1. The maximum absolute atomic E-state index is 11.4. The van der Waals surface area contributed by atoms with E-state index in [-0.39, 0.29) is 5.91 Å². The van der Waals surface area contributed by atoms with Gasteiger partial charge in [0.25, 0.3) is 0 Å². The van der Waals surface area contributed by atoms with Gasteiger partial charge in [0.2, 0.25) is 5.91 Å². The SMILES string of the molecule is CCCC(=O)Nc1n[nH]c2ccccc12. The Kier molecular flexibility index (Phi) is 2.67. The zero-order chi connectivity index (χ0) is 10.7. The molecular weight excluding hydrogens is 190 g/mol. The number of carbonyl (C=O) groups is 1. The first-order chi connectivity index (χ1) is 7.31. The number of fused-ring (bicyclic) bond motifs is 1. The number of carbonyl (C=O) groups excluding carboxylic acids is 1. The Hall–Kier alpha value is -1.84. The summed E-state index contributed by atoms with van der Waals surface area (Å²) in [6, 6.07) is 7.71. The lowest BCUT2D eigenvalue weighted by atomic mass is 10.2. The molecule has 78 valence electrons. The lowest BCUT2D eigenvalue weighted by Gasteiger charge is -1.99. The first-order valence-corrected chi connectivity index (χ1v) is 5.04. The highest BCUT2D eigenvalue weighted by molar-refractivity contribution is 5.99. The highest BCUT2D eigenvalue weighted by atomic mass is 16.1. The third-order valence-electron chi connectivity index (χ3n) is 2.21. The lowest BCUT2D eigenvalue weighted by molar-refractivity contribution is -0.116. The van der Waals surface area contributed by atoms with E-state index >= 15 is 0 Å².